The molecule has 0 aromatic carbocycles. The Morgan fingerprint density at radius 3 is 2.50 bits per heavy atom. The molecule has 0 spiro atoms. The first kappa shape index (κ1) is 11.7. The number of hydrogen-bond acceptors (Lipinski definition) is 4. The van der Waals surface area contributed by atoms with Crippen molar-refractivity contribution >= 4 is 36.6 Å². The zero-order valence-electron chi connectivity index (χ0n) is 7.30. The normalized spacial score (nSPS) is 31.2. The molecule has 0 radical (unpaired) electrons. The maximum absolute atomic E-state index is 11.2. The van der Waals surface area contributed by atoms with Crippen LogP contribution in [-0.4, -0.2) is 28.4 Å². The van der Waals surface area contributed by atoms with Crippen LogP contribution in [0.4, 0.5) is 4.79 Å². The van der Waals surface area contributed by atoms with Crippen molar-refractivity contribution in [2.75, 3.05) is 0 Å². The summed E-state index contributed by atoms with van der Waals surface area (Å²) in [4.78, 5) is 21.8. The van der Waals surface area contributed by atoms with Crippen LogP contribution in [0.3, 0.4) is 0 Å². The van der Waals surface area contributed by atoms with Gasteiger partial charge in [0.2, 0.25) is 5.91 Å². The third-order valence-corrected chi connectivity index (χ3v) is 2.67. The van der Waals surface area contributed by atoms with Gasteiger partial charge in [-0.15, -0.1) is 0 Å². The maximum Gasteiger partial charge on any atom is 0.276 e. The van der Waals surface area contributed by atoms with Gasteiger partial charge in [-0.2, -0.15) is 0 Å². The molecule has 5 nitrogen and oxygen atoms in total. The molecule has 0 bridgehead atoms. The molecule has 0 aromatic heterocycles. The predicted octanol–water partition coefficient (Wildman–Crippen LogP) is -0.274. The molecule has 2 amide bonds. The lowest BCUT2D eigenvalue weighted by Gasteiger charge is -2.13. The molecular formula is C7H12N2O3S2. The smallest absolute Gasteiger partial charge is 0.276 e. The highest BCUT2D eigenvalue weighted by Gasteiger charge is 2.37. The van der Waals surface area contributed by atoms with Gasteiger partial charge in [-0.3, -0.25) is 9.59 Å². The number of amides is 2. The van der Waals surface area contributed by atoms with E-state index in [-0.39, 0.29) is 11.8 Å². The average Bonchev–Trinajstić information content (AvgIpc) is 2.46. The molecule has 3 unspecified atom stereocenters. The molecule has 0 aromatic rings. The molecule has 1 aliphatic carbocycles. The fourth-order valence-corrected chi connectivity index (χ4v) is 1.98. The summed E-state index contributed by atoms with van der Waals surface area (Å²) in [6.07, 6.45) is 0.0621. The van der Waals surface area contributed by atoms with Crippen LogP contribution in [0.1, 0.15) is 12.8 Å². The van der Waals surface area contributed by atoms with Gasteiger partial charge in [-0.25, -0.2) is 0 Å². The van der Waals surface area contributed by atoms with Crippen LogP contribution in [-0.2, 0) is 4.79 Å². The largest absolute Gasteiger partial charge is 0.391 e. The van der Waals surface area contributed by atoms with E-state index in [9.17, 15) is 14.7 Å². The minimum Gasteiger partial charge on any atom is -0.391 e. The van der Waals surface area contributed by atoms with E-state index in [0.717, 1.165) is 0 Å². The van der Waals surface area contributed by atoms with Crippen molar-refractivity contribution in [3.63, 3.8) is 0 Å². The molecule has 0 aliphatic heterocycles. The Morgan fingerprint density at radius 2 is 2.00 bits per heavy atom. The van der Waals surface area contributed by atoms with Crippen molar-refractivity contribution in [2.45, 2.75) is 25.0 Å². The van der Waals surface area contributed by atoms with E-state index in [0.29, 0.717) is 12.8 Å². The SMILES string of the molecule is O=C(S)NC1CC(C(=O)NS)CC1O. The standard InChI is InChI=1S/C7H12N2O3S2/c10-5-2-3(6(11)9-14)1-4(5)8-7(12)13/h3-5,10,14H,1-2H2,(H,9,11)(H2,8,12,13). The Labute approximate surface area is 92.6 Å². The van der Waals surface area contributed by atoms with Crippen LogP contribution in [0.25, 0.3) is 0 Å². The van der Waals surface area contributed by atoms with E-state index < -0.39 is 17.4 Å². The van der Waals surface area contributed by atoms with Crippen LogP contribution in [0.5, 0.6) is 0 Å². The lowest BCUT2D eigenvalue weighted by Crippen LogP contribution is -2.37. The molecule has 7 heteroatoms. The van der Waals surface area contributed by atoms with Crippen molar-refractivity contribution < 1.29 is 14.7 Å². The monoisotopic (exact) mass is 236 g/mol. The number of rotatable bonds is 2. The van der Waals surface area contributed by atoms with Gasteiger partial charge in [0.25, 0.3) is 5.24 Å². The van der Waals surface area contributed by atoms with Crippen molar-refractivity contribution in [1.29, 1.82) is 0 Å². The predicted molar refractivity (Wildman–Crippen MR) is 57.2 cm³/mol. The van der Waals surface area contributed by atoms with Gasteiger partial charge >= 0.3 is 0 Å². The fraction of sp³-hybridized carbons (Fsp3) is 0.714. The highest BCUT2D eigenvalue weighted by atomic mass is 32.1. The van der Waals surface area contributed by atoms with Gasteiger partial charge in [-0.1, -0.05) is 25.4 Å². The zero-order chi connectivity index (χ0) is 10.7. The molecule has 3 N–H and O–H groups in total. The lowest BCUT2D eigenvalue weighted by atomic mass is 10.1. The van der Waals surface area contributed by atoms with E-state index in [1.165, 1.54) is 0 Å². The second kappa shape index (κ2) is 4.90. The third kappa shape index (κ3) is 2.79. The summed E-state index contributed by atoms with van der Waals surface area (Å²) in [5.41, 5.74) is 0. The first-order valence-electron chi connectivity index (χ1n) is 4.16. The Morgan fingerprint density at radius 1 is 1.36 bits per heavy atom. The van der Waals surface area contributed by atoms with Crippen LogP contribution < -0.4 is 10.0 Å². The van der Waals surface area contributed by atoms with E-state index in [1.807, 2.05) is 0 Å². The summed E-state index contributed by atoms with van der Waals surface area (Å²) in [7, 11) is 0. The van der Waals surface area contributed by atoms with Crippen molar-refractivity contribution in [3.05, 3.63) is 0 Å². The molecule has 80 valence electrons. The van der Waals surface area contributed by atoms with Gasteiger partial charge in [-0.05, 0) is 12.8 Å². The van der Waals surface area contributed by atoms with Gasteiger partial charge in [0.1, 0.15) is 0 Å². The summed E-state index contributed by atoms with van der Waals surface area (Å²) in [5.74, 6) is -0.532. The summed E-state index contributed by atoms with van der Waals surface area (Å²) in [5, 5.41) is 11.5. The molecule has 14 heavy (non-hydrogen) atoms. The van der Waals surface area contributed by atoms with E-state index in [4.69, 9.17) is 0 Å². The molecule has 0 saturated heterocycles. The van der Waals surface area contributed by atoms with Gasteiger partial charge in [0, 0.05) is 5.92 Å². The van der Waals surface area contributed by atoms with Crippen molar-refractivity contribution in [2.24, 2.45) is 5.92 Å². The minimum absolute atomic E-state index is 0.233. The average molecular weight is 236 g/mol. The molecule has 3 atom stereocenters. The number of hydrogen-bond donors (Lipinski definition) is 5. The molecule has 1 fully saturated rings. The zero-order valence-corrected chi connectivity index (χ0v) is 9.09. The quantitative estimate of drug-likeness (QED) is 0.428. The van der Waals surface area contributed by atoms with E-state index in [2.05, 4.69) is 35.5 Å². The number of aliphatic hydroxyl groups excluding tert-OH is 1. The van der Waals surface area contributed by atoms with Crippen LogP contribution >= 0.6 is 25.4 Å². The highest BCUT2D eigenvalue weighted by Crippen LogP contribution is 2.26. The second-order valence-electron chi connectivity index (χ2n) is 3.27. The number of carbonyl (C=O) groups excluding carboxylic acids is 2. The van der Waals surface area contributed by atoms with Crippen LogP contribution in [0, 0.1) is 5.92 Å². The first-order chi connectivity index (χ1) is 6.54. The van der Waals surface area contributed by atoms with E-state index >= 15 is 0 Å². The second-order valence-corrected chi connectivity index (χ2v) is 3.90. The minimum atomic E-state index is -0.693. The summed E-state index contributed by atoms with van der Waals surface area (Å²) in [6.45, 7) is 0. The van der Waals surface area contributed by atoms with E-state index in [1.54, 1.807) is 0 Å². The Hall–Kier alpha value is -0.400. The number of nitrogens with one attached hydrogen (secondary N) is 2. The molecule has 0 heterocycles. The summed E-state index contributed by atoms with van der Waals surface area (Å²) in [6, 6.07) is -0.393. The Bertz CT molecular complexity index is 249. The Balaban J connectivity index is 2.51. The van der Waals surface area contributed by atoms with Crippen LogP contribution in [0.2, 0.25) is 0 Å². The topological polar surface area (TPSA) is 78.4 Å². The maximum atomic E-state index is 11.2. The van der Waals surface area contributed by atoms with Crippen LogP contribution in [0.15, 0.2) is 0 Å². The Kier molecular flexibility index (Phi) is 4.09. The van der Waals surface area contributed by atoms with Gasteiger partial charge in [0.05, 0.1) is 12.1 Å². The lowest BCUT2D eigenvalue weighted by molar-refractivity contribution is -0.123. The van der Waals surface area contributed by atoms with Gasteiger partial charge < -0.3 is 15.1 Å². The fourth-order valence-electron chi connectivity index (χ4n) is 1.63. The number of carbonyl (C=O) groups is 2. The van der Waals surface area contributed by atoms with Gasteiger partial charge in [0.15, 0.2) is 0 Å². The summed E-state index contributed by atoms with van der Waals surface area (Å²) < 4.78 is 2.21. The molecular weight excluding hydrogens is 224 g/mol. The van der Waals surface area contributed by atoms with Crippen molar-refractivity contribution in [1.82, 2.24) is 10.0 Å². The highest BCUT2D eigenvalue weighted by molar-refractivity contribution is 7.96. The number of thiol groups is 2. The molecule has 1 aliphatic rings. The molecule has 1 rings (SSSR count). The third-order valence-electron chi connectivity index (χ3n) is 2.32. The molecule has 1 saturated carbocycles. The van der Waals surface area contributed by atoms with Crippen molar-refractivity contribution in [3.8, 4) is 0 Å². The summed E-state index contributed by atoms with van der Waals surface area (Å²) >= 11 is 7.18. The number of aliphatic hydroxyl groups is 1. The first-order valence-corrected chi connectivity index (χ1v) is 5.05.